The van der Waals surface area contributed by atoms with Crippen molar-refractivity contribution in [1.29, 1.82) is 5.26 Å². The van der Waals surface area contributed by atoms with E-state index >= 15 is 0 Å². The molecule has 0 aromatic heterocycles. The SMILES string of the molecule is C[C@]1(C#N)CC2(O1)[C@@H]1CC3C[C@H]2CC(Cl)(C3)C1. The average Bonchev–Trinajstić information content (AvgIpc) is 2.20. The Morgan fingerprint density at radius 2 is 1.82 bits per heavy atom. The van der Waals surface area contributed by atoms with Crippen LogP contribution in [-0.4, -0.2) is 16.1 Å². The minimum Gasteiger partial charge on any atom is -0.353 e. The molecule has 0 aromatic rings. The van der Waals surface area contributed by atoms with Gasteiger partial charge in [0.2, 0.25) is 0 Å². The Balaban J connectivity index is 1.67. The number of hydrogen-bond acceptors (Lipinski definition) is 2. The molecule has 6 atom stereocenters. The highest BCUT2D eigenvalue weighted by Crippen LogP contribution is 2.68. The Hall–Kier alpha value is -0.260. The van der Waals surface area contributed by atoms with E-state index in [0.717, 1.165) is 25.2 Å². The molecular formula is C14H18ClNO. The Morgan fingerprint density at radius 3 is 2.29 bits per heavy atom. The van der Waals surface area contributed by atoms with Crippen molar-refractivity contribution in [2.75, 3.05) is 0 Å². The van der Waals surface area contributed by atoms with Crippen LogP contribution in [0, 0.1) is 29.1 Å². The summed E-state index contributed by atoms with van der Waals surface area (Å²) >= 11 is 6.72. The first-order chi connectivity index (χ1) is 7.97. The van der Waals surface area contributed by atoms with Crippen LogP contribution in [0.2, 0.25) is 0 Å². The van der Waals surface area contributed by atoms with Crippen LogP contribution in [0.3, 0.4) is 0 Å². The lowest BCUT2D eigenvalue weighted by Gasteiger charge is -2.69. The summed E-state index contributed by atoms with van der Waals surface area (Å²) in [5.41, 5.74) is -0.491. The third kappa shape index (κ3) is 1.20. The van der Waals surface area contributed by atoms with Gasteiger partial charge in [-0.3, -0.25) is 0 Å². The Bertz CT molecular complexity index is 402. The maximum Gasteiger partial charge on any atom is 0.155 e. The van der Waals surface area contributed by atoms with Gasteiger partial charge in [0.05, 0.1) is 11.7 Å². The molecule has 17 heavy (non-hydrogen) atoms. The summed E-state index contributed by atoms with van der Waals surface area (Å²) in [7, 11) is 0. The van der Waals surface area contributed by atoms with Crippen LogP contribution < -0.4 is 0 Å². The number of halogens is 1. The molecule has 92 valence electrons. The summed E-state index contributed by atoms with van der Waals surface area (Å²) in [5, 5.41) is 9.13. The average molecular weight is 252 g/mol. The molecule has 0 radical (unpaired) electrons. The van der Waals surface area contributed by atoms with E-state index in [4.69, 9.17) is 21.6 Å². The Morgan fingerprint density at radius 1 is 1.24 bits per heavy atom. The molecular weight excluding hydrogens is 234 g/mol. The molecule has 3 unspecified atom stereocenters. The lowest BCUT2D eigenvalue weighted by atomic mass is 9.46. The number of hydrogen-bond donors (Lipinski definition) is 0. The predicted molar refractivity (Wildman–Crippen MR) is 64.6 cm³/mol. The van der Waals surface area contributed by atoms with Crippen molar-refractivity contribution in [3.8, 4) is 6.07 Å². The molecule has 1 spiro atoms. The van der Waals surface area contributed by atoms with E-state index in [0.29, 0.717) is 11.8 Å². The van der Waals surface area contributed by atoms with E-state index in [2.05, 4.69) is 6.07 Å². The minimum absolute atomic E-state index is 0.0276. The summed E-state index contributed by atoms with van der Waals surface area (Å²) in [6, 6.07) is 2.32. The highest BCUT2D eigenvalue weighted by Gasteiger charge is 2.69. The molecule has 0 aromatic carbocycles. The van der Waals surface area contributed by atoms with Crippen molar-refractivity contribution in [2.45, 2.75) is 61.5 Å². The normalized spacial score (nSPS) is 63.5. The molecule has 5 fully saturated rings. The van der Waals surface area contributed by atoms with Gasteiger partial charge in [-0.25, -0.2) is 0 Å². The summed E-state index contributed by atoms with van der Waals surface area (Å²) in [5.74, 6) is 2.06. The van der Waals surface area contributed by atoms with Gasteiger partial charge < -0.3 is 4.74 Å². The number of nitriles is 1. The number of ether oxygens (including phenoxy) is 1. The van der Waals surface area contributed by atoms with Crippen LogP contribution in [0.4, 0.5) is 0 Å². The van der Waals surface area contributed by atoms with Crippen LogP contribution >= 0.6 is 11.6 Å². The fourth-order valence-electron chi connectivity index (χ4n) is 5.42. The molecule has 4 aliphatic carbocycles. The largest absolute Gasteiger partial charge is 0.353 e. The molecule has 5 aliphatic rings. The molecule has 1 heterocycles. The van der Waals surface area contributed by atoms with Crippen LogP contribution in [0.5, 0.6) is 0 Å². The zero-order chi connectivity index (χ0) is 11.9. The third-order valence-corrected chi connectivity index (χ3v) is 6.23. The van der Waals surface area contributed by atoms with E-state index in [1.54, 1.807) is 0 Å². The second kappa shape index (κ2) is 2.83. The molecule has 2 nitrogen and oxygen atoms in total. The molecule has 5 rings (SSSR count). The lowest BCUT2D eigenvalue weighted by Crippen LogP contribution is -2.72. The van der Waals surface area contributed by atoms with Crippen molar-refractivity contribution >= 4 is 11.6 Å². The highest BCUT2D eigenvalue weighted by atomic mass is 35.5. The van der Waals surface area contributed by atoms with Gasteiger partial charge in [-0.15, -0.1) is 11.6 Å². The quantitative estimate of drug-likeness (QED) is 0.619. The van der Waals surface area contributed by atoms with Crippen molar-refractivity contribution in [2.24, 2.45) is 17.8 Å². The van der Waals surface area contributed by atoms with Crippen LogP contribution in [-0.2, 0) is 4.74 Å². The molecule has 3 heteroatoms. The molecule has 1 aliphatic heterocycles. The zero-order valence-corrected chi connectivity index (χ0v) is 11.0. The van der Waals surface area contributed by atoms with Crippen LogP contribution in [0.15, 0.2) is 0 Å². The molecule has 4 bridgehead atoms. The van der Waals surface area contributed by atoms with E-state index in [-0.39, 0.29) is 10.5 Å². The Labute approximate surface area is 107 Å². The van der Waals surface area contributed by atoms with Gasteiger partial charge in [-0.2, -0.15) is 5.26 Å². The maximum absolute atomic E-state index is 9.13. The Kier molecular flexibility index (Phi) is 1.77. The van der Waals surface area contributed by atoms with Gasteiger partial charge in [-0.1, -0.05) is 0 Å². The van der Waals surface area contributed by atoms with Gasteiger partial charge in [0.15, 0.2) is 5.60 Å². The summed E-state index contributed by atoms with van der Waals surface area (Å²) in [4.78, 5) is 0.0732. The van der Waals surface area contributed by atoms with Crippen molar-refractivity contribution in [1.82, 2.24) is 0 Å². The minimum atomic E-state index is -0.519. The summed E-state index contributed by atoms with van der Waals surface area (Å²) < 4.78 is 6.17. The monoisotopic (exact) mass is 251 g/mol. The van der Waals surface area contributed by atoms with Crippen molar-refractivity contribution in [3.63, 3.8) is 0 Å². The fraction of sp³-hybridized carbons (Fsp3) is 0.929. The fourth-order valence-corrected chi connectivity index (χ4v) is 6.01. The van der Waals surface area contributed by atoms with Crippen LogP contribution in [0.25, 0.3) is 0 Å². The van der Waals surface area contributed by atoms with Gasteiger partial charge in [0.1, 0.15) is 0 Å². The van der Waals surface area contributed by atoms with E-state index < -0.39 is 5.60 Å². The second-order valence-corrected chi connectivity index (χ2v) is 7.87. The first-order valence-corrected chi connectivity index (χ1v) is 7.15. The van der Waals surface area contributed by atoms with E-state index in [1.165, 1.54) is 19.3 Å². The van der Waals surface area contributed by atoms with Gasteiger partial charge >= 0.3 is 0 Å². The smallest absolute Gasteiger partial charge is 0.155 e. The third-order valence-electron chi connectivity index (χ3n) is 5.76. The topological polar surface area (TPSA) is 33.0 Å². The number of nitrogens with zero attached hydrogens (tertiary/aromatic N) is 1. The first kappa shape index (κ1) is 10.6. The number of rotatable bonds is 0. The summed E-state index contributed by atoms with van der Waals surface area (Å²) in [6.07, 6.45) is 6.95. The standard InChI is InChI=1S/C14H18ClNO/c1-12(8-16)7-14(17-12)10-2-9-3-11(14)6-13(15,4-9)5-10/h9-11H,2-7H2,1H3/t9?,10-,11+,12-,13?,14?/m1/s1. The molecule has 0 amide bonds. The van der Waals surface area contributed by atoms with Gasteiger partial charge in [0.25, 0.3) is 0 Å². The van der Waals surface area contributed by atoms with Crippen molar-refractivity contribution in [3.05, 3.63) is 0 Å². The van der Waals surface area contributed by atoms with E-state index in [1.807, 2.05) is 6.92 Å². The zero-order valence-electron chi connectivity index (χ0n) is 10.2. The second-order valence-electron chi connectivity index (χ2n) is 7.07. The molecule has 4 saturated carbocycles. The molecule has 1 saturated heterocycles. The van der Waals surface area contributed by atoms with Gasteiger partial charge in [-0.05, 0) is 56.8 Å². The maximum atomic E-state index is 9.13. The first-order valence-electron chi connectivity index (χ1n) is 6.77. The van der Waals surface area contributed by atoms with Gasteiger partial charge in [0, 0.05) is 11.3 Å². The predicted octanol–water partition coefficient (Wildman–Crippen LogP) is 3.25. The summed E-state index contributed by atoms with van der Waals surface area (Å²) in [6.45, 7) is 1.93. The van der Waals surface area contributed by atoms with Crippen LogP contribution in [0.1, 0.15) is 45.4 Å². The lowest BCUT2D eigenvalue weighted by molar-refractivity contribution is -0.323. The number of alkyl halides is 1. The van der Waals surface area contributed by atoms with Crippen molar-refractivity contribution < 1.29 is 4.74 Å². The highest BCUT2D eigenvalue weighted by molar-refractivity contribution is 6.24. The van der Waals surface area contributed by atoms with E-state index in [9.17, 15) is 0 Å². The molecule has 0 N–H and O–H groups in total.